The van der Waals surface area contributed by atoms with Crippen LogP contribution >= 0.6 is 24.0 Å². The van der Waals surface area contributed by atoms with Crippen LogP contribution in [0.2, 0.25) is 0 Å². The first-order valence-corrected chi connectivity index (χ1v) is 11.1. The molecule has 0 saturated carbocycles. The van der Waals surface area contributed by atoms with E-state index in [-0.39, 0.29) is 42.8 Å². The zero-order valence-electron chi connectivity index (χ0n) is 17.0. The highest BCUT2D eigenvalue weighted by Gasteiger charge is 2.12. The van der Waals surface area contributed by atoms with E-state index in [1.54, 1.807) is 7.05 Å². The van der Waals surface area contributed by atoms with Gasteiger partial charge in [0.2, 0.25) is 10.0 Å². The van der Waals surface area contributed by atoms with Gasteiger partial charge >= 0.3 is 0 Å². The van der Waals surface area contributed by atoms with Crippen LogP contribution in [-0.4, -0.2) is 33.7 Å². The van der Waals surface area contributed by atoms with Gasteiger partial charge in [0.25, 0.3) is 0 Å². The Labute approximate surface area is 194 Å². The fourth-order valence-corrected chi connectivity index (χ4v) is 3.85. The predicted molar refractivity (Wildman–Crippen MR) is 132 cm³/mol. The molecule has 2 aromatic carbocycles. The maximum absolute atomic E-state index is 12.2. The van der Waals surface area contributed by atoms with Crippen molar-refractivity contribution < 1.29 is 12.8 Å². The van der Waals surface area contributed by atoms with Crippen molar-refractivity contribution in [2.45, 2.75) is 20.0 Å². The normalized spacial score (nSPS) is 11.9. The SMILES string of the molecule is CN=C(NCCS(=O)(=O)NCc1ccccc1)NCc1oc2ccccc2c1C.I. The smallest absolute Gasteiger partial charge is 0.213 e. The molecular weight excluding hydrogens is 515 g/mol. The maximum atomic E-state index is 12.2. The number of para-hydroxylation sites is 1. The van der Waals surface area contributed by atoms with Gasteiger partial charge in [0.05, 0.1) is 12.3 Å². The number of sulfonamides is 1. The summed E-state index contributed by atoms with van der Waals surface area (Å²) in [7, 11) is -1.75. The molecule has 0 aliphatic rings. The Bertz CT molecular complexity index is 1080. The van der Waals surface area contributed by atoms with Gasteiger partial charge in [-0.3, -0.25) is 4.99 Å². The first-order chi connectivity index (χ1) is 14.0. The van der Waals surface area contributed by atoms with E-state index < -0.39 is 10.0 Å². The molecule has 3 N–H and O–H groups in total. The largest absolute Gasteiger partial charge is 0.459 e. The highest BCUT2D eigenvalue weighted by atomic mass is 127. The van der Waals surface area contributed by atoms with Crippen molar-refractivity contribution in [1.82, 2.24) is 15.4 Å². The molecule has 9 heteroatoms. The number of aryl methyl sites for hydroxylation is 1. The van der Waals surface area contributed by atoms with Crippen molar-refractivity contribution in [1.29, 1.82) is 0 Å². The molecule has 0 amide bonds. The summed E-state index contributed by atoms with van der Waals surface area (Å²) < 4.78 is 32.8. The third kappa shape index (κ3) is 6.71. The molecule has 3 rings (SSSR count). The Morgan fingerprint density at radius 3 is 2.40 bits per heavy atom. The maximum Gasteiger partial charge on any atom is 0.213 e. The van der Waals surface area contributed by atoms with Gasteiger partial charge in [-0.15, -0.1) is 24.0 Å². The number of nitrogens with zero attached hydrogens (tertiary/aromatic N) is 1. The number of aliphatic imine (C=N–C) groups is 1. The number of guanidine groups is 1. The average Bonchev–Trinajstić information content (AvgIpc) is 3.06. The topological polar surface area (TPSA) is 95.7 Å². The Kier molecular flexibility index (Phi) is 9.12. The lowest BCUT2D eigenvalue weighted by atomic mass is 10.1. The van der Waals surface area contributed by atoms with E-state index >= 15 is 0 Å². The van der Waals surface area contributed by atoms with Crippen molar-refractivity contribution in [2.24, 2.45) is 4.99 Å². The van der Waals surface area contributed by atoms with E-state index in [0.717, 1.165) is 27.9 Å². The molecule has 162 valence electrons. The summed E-state index contributed by atoms with van der Waals surface area (Å²) in [5, 5.41) is 7.27. The summed E-state index contributed by atoms with van der Waals surface area (Å²) in [5.74, 6) is 1.29. The molecule has 1 aromatic heterocycles. The molecule has 0 aliphatic heterocycles. The number of hydrogen-bond acceptors (Lipinski definition) is 4. The Hall–Kier alpha value is -2.11. The standard InChI is InChI=1S/C21H26N4O3S.HI/c1-16-18-10-6-7-11-19(18)28-20(16)15-24-21(22-2)23-12-13-29(26,27)25-14-17-8-4-3-5-9-17;/h3-11,25H,12-15H2,1-2H3,(H2,22,23,24);1H. The second-order valence-electron chi connectivity index (χ2n) is 6.62. The molecular formula is C21H27IN4O3S. The lowest BCUT2D eigenvalue weighted by Crippen LogP contribution is -2.40. The van der Waals surface area contributed by atoms with Crippen molar-refractivity contribution in [2.75, 3.05) is 19.3 Å². The highest BCUT2D eigenvalue weighted by Crippen LogP contribution is 2.24. The molecule has 7 nitrogen and oxygen atoms in total. The quantitative estimate of drug-likeness (QED) is 0.231. The van der Waals surface area contributed by atoms with Crippen LogP contribution in [0.3, 0.4) is 0 Å². The molecule has 0 saturated heterocycles. The van der Waals surface area contributed by atoms with E-state index in [1.807, 2.05) is 61.5 Å². The van der Waals surface area contributed by atoms with E-state index in [9.17, 15) is 8.42 Å². The second-order valence-corrected chi connectivity index (χ2v) is 8.55. The van der Waals surface area contributed by atoms with Crippen molar-refractivity contribution in [3.8, 4) is 0 Å². The van der Waals surface area contributed by atoms with E-state index in [1.165, 1.54) is 0 Å². The lowest BCUT2D eigenvalue weighted by molar-refractivity contribution is 0.534. The minimum absolute atomic E-state index is 0. The van der Waals surface area contributed by atoms with Crippen LogP contribution in [0.4, 0.5) is 0 Å². The van der Waals surface area contributed by atoms with E-state index in [4.69, 9.17) is 4.42 Å². The summed E-state index contributed by atoms with van der Waals surface area (Å²) in [4.78, 5) is 4.14. The molecule has 0 radical (unpaired) electrons. The van der Waals surface area contributed by atoms with Gasteiger partial charge < -0.3 is 15.1 Å². The van der Waals surface area contributed by atoms with Crippen molar-refractivity contribution >= 4 is 50.9 Å². The number of rotatable bonds is 8. The fourth-order valence-electron chi connectivity index (χ4n) is 2.94. The summed E-state index contributed by atoms with van der Waals surface area (Å²) in [6.45, 7) is 2.99. The van der Waals surface area contributed by atoms with E-state index in [2.05, 4.69) is 20.3 Å². The predicted octanol–water partition coefficient (Wildman–Crippen LogP) is 3.14. The molecule has 0 bridgehead atoms. The molecule has 30 heavy (non-hydrogen) atoms. The molecule has 0 unspecified atom stereocenters. The minimum atomic E-state index is -3.39. The number of furan rings is 1. The van der Waals surface area contributed by atoms with Crippen LogP contribution in [0.1, 0.15) is 16.9 Å². The third-order valence-electron chi connectivity index (χ3n) is 4.58. The molecule has 1 heterocycles. The minimum Gasteiger partial charge on any atom is -0.459 e. The molecule has 0 fully saturated rings. The van der Waals surface area contributed by atoms with Gasteiger partial charge in [0.15, 0.2) is 5.96 Å². The summed E-state index contributed by atoms with van der Waals surface area (Å²) in [6, 6.07) is 17.3. The van der Waals surface area contributed by atoms with Gasteiger partial charge in [0, 0.05) is 31.1 Å². The van der Waals surface area contributed by atoms with Crippen LogP contribution in [0.5, 0.6) is 0 Å². The Morgan fingerprint density at radius 1 is 1.00 bits per heavy atom. The Balaban J connectivity index is 0.00000320. The first kappa shape index (κ1) is 24.2. The van der Waals surface area contributed by atoms with Crippen LogP contribution in [0.25, 0.3) is 11.0 Å². The lowest BCUT2D eigenvalue weighted by Gasteiger charge is -2.12. The van der Waals surface area contributed by atoms with Crippen LogP contribution in [-0.2, 0) is 23.1 Å². The monoisotopic (exact) mass is 542 g/mol. The summed E-state index contributed by atoms with van der Waals surface area (Å²) >= 11 is 0. The number of nitrogens with one attached hydrogen (secondary N) is 3. The fraction of sp³-hybridized carbons (Fsp3) is 0.286. The number of fused-ring (bicyclic) bond motifs is 1. The molecule has 0 atom stereocenters. The van der Waals surface area contributed by atoms with Gasteiger partial charge in [-0.05, 0) is 18.6 Å². The van der Waals surface area contributed by atoms with Crippen molar-refractivity contribution in [3.63, 3.8) is 0 Å². The van der Waals surface area contributed by atoms with Crippen LogP contribution in [0.15, 0.2) is 64.0 Å². The van der Waals surface area contributed by atoms with E-state index in [0.29, 0.717) is 12.5 Å². The zero-order chi connectivity index (χ0) is 20.7. The average molecular weight is 542 g/mol. The van der Waals surface area contributed by atoms with Gasteiger partial charge in [0.1, 0.15) is 11.3 Å². The molecule has 3 aromatic rings. The summed E-state index contributed by atoms with van der Waals surface area (Å²) in [6.07, 6.45) is 0. The first-order valence-electron chi connectivity index (χ1n) is 9.41. The third-order valence-corrected chi connectivity index (χ3v) is 5.91. The van der Waals surface area contributed by atoms with Crippen molar-refractivity contribution in [3.05, 3.63) is 71.5 Å². The molecule has 0 aliphatic carbocycles. The number of hydrogen-bond donors (Lipinski definition) is 3. The summed E-state index contributed by atoms with van der Waals surface area (Å²) in [5.41, 5.74) is 2.85. The second kappa shape index (κ2) is 11.3. The van der Waals surface area contributed by atoms with Gasteiger partial charge in [-0.1, -0.05) is 48.5 Å². The van der Waals surface area contributed by atoms with Gasteiger partial charge in [-0.2, -0.15) is 0 Å². The van der Waals surface area contributed by atoms with Crippen LogP contribution < -0.4 is 15.4 Å². The zero-order valence-corrected chi connectivity index (χ0v) is 20.2. The molecule has 0 spiro atoms. The Morgan fingerprint density at radius 2 is 1.70 bits per heavy atom. The van der Waals surface area contributed by atoms with Gasteiger partial charge in [-0.25, -0.2) is 13.1 Å². The number of halogens is 1. The number of benzene rings is 2. The van der Waals surface area contributed by atoms with Crippen LogP contribution in [0, 0.1) is 6.92 Å². The highest BCUT2D eigenvalue weighted by molar-refractivity contribution is 14.0.